The first kappa shape index (κ1) is 16.5. The third-order valence-electron chi connectivity index (χ3n) is 5.05. The van der Waals surface area contributed by atoms with Gasteiger partial charge in [-0.25, -0.2) is 0 Å². The van der Waals surface area contributed by atoms with Crippen LogP contribution >= 0.6 is 0 Å². The molecule has 3 aromatic carbocycles. The molecule has 0 saturated heterocycles. The molecule has 0 fully saturated rings. The highest BCUT2D eigenvalue weighted by Crippen LogP contribution is 2.34. The van der Waals surface area contributed by atoms with Gasteiger partial charge in [0.25, 0.3) is 0 Å². The van der Waals surface area contributed by atoms with Gasteiger partial charge in [-0.1, -0.05) is 30.3 Å². The first-order valence-electron chi connectivity index (χ1n) is 8.99. The van der Waals surface area contributed by atoms with Crippen LogP contribution in [0.15, 0.2) is 66.7 Å². The molecule has 0 atom stereocenters. The summed E-state index contributed by atoms with van der Waals surface area (Å²) in [4.78, 5) is 4.32. The molecule has 0 unspecified atom stereocenters. The van der Waals surface area contributed by atoms with Gasteiger partial charge in [0, 0.05) is 67.9 Å². The molecule has 3 heteroatoms. The Morgan fingerprint density at radius 1 is 0.654 bits per heavy atom. The van der Waals surface area contributed by atoms with Gasteiger partial charge in [0.1, 0.15) is 0 Å². The molecule has 0 radical (unpaired) electrons. The average Bonchev–Trinajstić information content (AvgIpc) is 2.95. The Bertz CT molecular complexity index is 994. The average molecular weight is 343 g/mol. The van der Waals surface area contributed by atoms with Crippen molar-refractivity contribution in [3.05, 3.63) is 72.3 Å². The summed E-state index contributed by atoms with van der Waals surface area (Å²) >= 11 is 0. The van der Waals surface area contributed by atoms with Gasteiger partial charge in [-0.05, 0) is 42.0 Å². The van der Waals surface area contributed by atoms with Gasteiger partial charge in [0.2, 0.25) is 0 Å². The molecule has 0 spiro atoms. The minimum Gasteiger partial charge on any atom is -0.378 e. The molecule has 0 saturated carbocycles. The van der Waals surface area contributed by atoms with Gasteiger partial charge < -0.3 is 14.4 Å². The third kappa shape index (κ3) is 2.80. The maximum Gasteiger partial charge on any atom is 0.0496 e. The molecule has 1 aromatic heterocycles. The number of fused-ring (bicyclic) bond motifs is 3. The van der Waals surface area contributed by atoms with Crippen LogP contribution in [-0.4, -0.2) is 32.8 Å². The van der Waals surface area contributed by atoms with Crippen LogP contribution in [0.4, 0.5) is 11.4 Å². The Morgan fingerprint density at radius 2 is 1.15 bits per heavy atom. The second-order valence-corrected chi connectivity index (χ2v) is 7.26. The van der Waals surface area contributed by atoms with E-state index in [2.05, 4.69) is 109 Å². The summed E-state index contributed by atoms with van der Waals surface area (Å²) in [6, 6.07) is 24.2. The number of benzene rings is 3. The predicted octanol–water partition coefficient (Wildman–Crippen LogP) is 4.97. The summed E-state index contributed by atoms with van der Waals surface area (Å²) in [7, 11) is 8.37. The number of rotatable bonds is 4. The Labute approximate surface area is 155 Å². The maximum atomic E-state index is 2.43. The second kappa shape index (κ2) is 6.41. The number of aromatic nitrogens is 1. The minimum absolute atomic E-state index is 0.878. The topological polar surface area (TPSA) is 11.4 Å². The lowest BCUT2D eigenvalue weighted by atomic mass is 10.1. The quantitative estimate of drug-likeness (QED) is 0.518. The van der Waals surface area contributed by atoms with E-state index >= 15 is 0 Å². The van der Waals surface area contributed by atoms with E-state index in [-0.39, 0.29) is 0 Å². The molecule has 4 aromatic rings. The van der Waals surface area contributed by atoms with E-state index in [4.69, 9.17) is 0 Å². The van der Waals surface area contributed by atoms with Crippen LogP contribution in [0.25, 0.3) is 21.8 Å². The van der Waals surface area contributed by atoms with Crippen molar-refractivity contribution in [3.8, 4) is 0 Å². The van der Waals surface area contributed by atoms with Crippen LogP contribution in [0, 0.1) is 0 Å². The summed E-state index contributed by atoms with van der Waals surface area (Å²) in [5, 5.41) is 2.62. The highest BCUT2D eigenvalue weighted by molar-refractivity contribution is 6.10. The summed E-state index contributed by atoms with van der Waals surface area (Å²) in [6.07, 6.45) is 0. The van der Waals surface area contributed by atoms with Gasteiger partial charge >= 0.3 is 0 Å². The highest BCUT2D eigenvalue weighted by Gasteiger charge is 2.13. The van der Waals surface area contributed by atoms with E-state index in [0.717, 1.165) is 6.54 Å². The Hall–Kier alpha value is -2.94. The van der Waals surface area contributed by atoms with Crippen LogP contribution in [0.3, 0.4) is 0 Å². The molecule has 26 heavy (non-hydrogen) atoms. The molecule has 0 bridgehead atoms. The maximum absolute atomic E-state index is 2.43. The van der Waals surface area contributed by atoms with Gasteiger partial charge in [0.15, 0.2) is 0 Å². The summed E-state index contributed by atoms with van der Waals surface area (Å²) in [6.45, 7) is 0.878. The highest BCUT2D eigenvalue weighted by atomic mass is 15.1. The van der Waals surface area contributed by atoms with Crippen molar-refractivity contribution in [1.82, 2.24) is 4.57 Å². The van der Waals surface area contributed by atoms with Crippen molar-refractivity contribution >= 4 is 33.2 Å². The molecular weight excluding hydrogens is 318 g/mol. The van der Waals surface area contributed by atoms with Gasteiger partial charge in [-0.2, -0.15) is 0 Å². The molecule has 0 aliphatic heterocycles. The molecule has 0 aliphatic rings. The molecule has 0 N–H and O–H groups in total. The van der Waals surface area contributed by atoms with Crippen molar-refractivity contribution in [3.63, 3.8) is 0 Å². The van der Waals surface area contributed by atoms with Crippen molar-refractivity contribution in [1.29, 1.82) is 0 Å². The van der Waals surface area contributed by atoms with Crippen LogP contribution in [-0.2, 0) is 6.54 Å². The van der Waals surface area contributed by atoms with Crippen molar-refractivity contribution in [2.24, 2.45) is 0 Å². The fraction of sp³-hybridized carbons (Fsp3) is 0.217. The standard InChI is InChI=1S/C23H25N3/c1-24(2)18-10-12-22-20(14-18)21-15-19(25(3)4)11-13-23(21)26(22)16-17-8-6-5-7-9-17/h5-15H,16H2,1-4H3. The second-order valence-electron chi connectivity index (χ2n) is 7.26. The Morgan fingerprint density at radius 3 is 1.62 bits per heavy atom. The smallest absolute Gasteiger partial charge is 0.0496 e. The van der Waals surface area contributed by atoms with E-state index < -0.39 is 0 Å². The van der Waals surface area contributed by atoms with Crippen LogP contribution in [0.2, 0.25) is 0 Å². The number of anilines is 2. The van der Waals surface area contributed by atoms with Gasteiger partial charge in [0.05, 0.1) is 0 Å². The fourth-order valence-electron chi connectivity index (χ4n) is 3.57. The van der Waals surface area contributed by atoms with E-state index in [1.165, 1.54) is 38.7 Å². The monoisotopic (exact) mass is 343 g/mol. The molecule has 132 valence electrons. The normalized spacial score (nSPS) is 11.2. The molecule has 4 rings (SSSR count). The third-order valence-corrected chi connectivity index (χ3v) is 5.05. The van der Waals surface area contributed by atoms with E-state index in [9.17, 15) is 0 Å². The number of nitrogens with zero attached hydrogens (tertiary/aromatic N) is 3. The summed E-state index contributed by atoms with van der Waals surface area (Å²) in [5.74, 6) is 0. The van der Waals surface area contributed by atoms with Crippen LogP contribution in [0.1, 0.15) is 5.56 Å². The lowest BCUT2D eigenvalue weighted by Crippen LogP contribution is -2.08. The zero-order chi connectivity index (χ0) is 18.3. The predicted molar refractivity (Wildman–Crippen MR) is 114 cm³/mol. The van der Waals surface area contributed by atoms with Crippen molar-refractivity contribution in [2.45, 2.75) is 6.54 Å². The lowest BCUT2D eigenvalue weighted by molar-refractivity contribution is 0.869. The number of hydrogen-bond acceptors (Lipinski definition) is 2. The Kier molecular flexibility index (Phi) is 4.08. The summed E-state index contributed by atoms with van der Waals surface area (Å²) in [5.41, 5.74) is 6.34. The zero-order valence-corrected chi connectivity index (χ0v) is 15.9. The molecule has 0 aliphatic carbocycles. The zero-order valence-electron chi connectivity index (χ0n) is 15.9. The molecular formula is C23H25N3. The molecule has 1 heterocycles. The number of hydrogen-bond donors (Lipinski definition) is 0. The largest absolute Gasteiger partial charge is 0.378 e. The first-order chi connectivity index (χ1) is 12.5. The van der Waals surface area contributed by atoms with E-state index in [1.54, 1.807) is 0 Å². The van der Waals surface area contributed by atoms with Crippen molar-refractivity contribution < 1.29 is 0 Å². The Balaban J connectivity index is 1.99. The molecule has 0 amide bonds. The fourth-order valence-corrected chi connectivity index (χ4v) is 3.57. The lowest BCUT2D eigenvalue weighted by Gasteiger charge is -2.13. The molecule has 3 nitrogen and oxygen atoms in total. The first-order valence-corrected chi connectivity index (χ1v) is 8.99. The van der Waals surface area contributed by atoms with E-state index in [0.29, 0.717) is 0 Å². The van der Waals surface area contributed by atoms with Gasteiger partial charge in [-0.15, -0.1) is 0 Å². The van der Waals surface area contributed by atoms with Gasteiger partial charge in [-0.3, -0.25) is 0 Å². The minimum atomic E-state index is 0.878. The van der Waals surface area contributed by atoms with E-state index in [1.807, 2.05) is 0 Å². The SMILES string of the molecule is CN(C)c1ccc2c(c1)c1cc(N(C)C)ccc1n2Cc1ccccc1. The summed E-state index contributed by atoms with van der Waals surface area (Å²) < 4.78 is 2.43. The van der Waals surface area contributed by atoms with Crippen molar-refractivity contribution in [2.75, 3.05) is 38.0 Å². The van der Waals surface area contributed by atoms with Crippen LogP contribution < -0.4 is 9.80 Å². The van der Waals surface area contributed by atoms with Crippen LogP contribution in [0.5, 0.6) is 0 Å².